The predicted octanol–water partition coefficient (Wildman–Crippen LogP) is 2.87. The number of rotatable bonds is 7. The smallest absolute Gasteiger partial charge is 0.0643 e. The van der Waals surface area contributed by atoms with E-state index in [-0.39, 0.29) is 11.6 Å². The van der Waals surface area contributed by atoms with Crippen molar-refractivity contribution < 1.29 is 0 Å². The maximum atomic E-state index is 5.87. The summed E-state index contributed by atoms with van der Waals surface area (Å²) in [6.45, 7) is 6.64. The minimum atomic E-state index is 0.0441. The average molecular weight is 263 g/mol. The molecule has 1 unspecified atom stereocenters. The van der Waals surface area contributed by atoms with Gasteiger partial charge < -0.3 is 4.90 Å². The van der Waals surface area contributed by atoms with Crippen LogP contribution < -0.4 is 11.3 Å². The number of nitrogens with zero attached hydrogens (tertiary/aromatic N) is 1. The van der Waals surface area contributed by atoms with Crippen molar-refractivity contribution in [3.05, 3.63) is 35.4 Å². The van der Waals surface area contributed by atoms with E-state index in [2.05, 4.69) is 69.5 Å². The van der Waals surface area contributed by atoms with E-state index in [0.717, 1.165) is 19.3 Å². The molecule has 3 nitrogen and oxygen atoms in total. The minimum absolute atomic E-state index is 0.0441. The molecule has 0 aliphatic rings. The maximum Gasteiger partial charge on any atom is 0.0643 e. The molecule has 0 heterocycles. The number of likely N-dealkylation sites (N-methyl/N-ethyl adjacent to an activating group) is 1. The third-order valence-electron chi connectivity index (χ3n) is 4.54. The number of nitrogens with one attached hydrogen (secondary N) is 1. The fourth-order valence-corrected chi connectivity index (χ4v) is 3.06. The zero-order chi connectivity index (χ0) is 14.5. The van der Waals surface area contributed by atoms with E-state index < -0.39 is 0 Å². The van der Waals surface area contributed by atoms with Gasteiger partial charge in [-0.3, -0.25) is 11.3 Å². The van der Waals surface area contributed by atoms with Gasteiger partial charge in [0.2, 0.25) is 0 Å². The summed E-state index contributed by atoms with van der Waals surface area (Å²) in [5.74, 6) is 5.87. The Balaban J connectivity index is 3.15. The van der Waals surface area contributed by atoms with E-state index in [1.165, 1.54) is 11.1 Å². The van der Waals surface area contributed by atoms with Crippen molar-refractivity contribution in [1.29, 1.82) is 0 Å². The molecule has 3 heteroatoms. The molecule has 0 aromatic heterocycles. The largest absolute Gasteiger partial charge is 0.302 e. The average Bonchev–Trinajstić information content (AvgIpc) is 2.44. The molecule has 0 amide bonds. The normalized spacial score (nSPS) is 13.8. The van der Waals surface area contributed by atoms with Crippen LogP contribution in [0.4, 0.5) is 0 Å². The molecule has 1 aromatic carbocycles. The van der Waals surface area contributed by atoms with Gasteiger partial charge >= 0.3 is 0 Å². The third-order valence-corrected chi connectivity index (χ3v) is 4.54. The van der Waals surface area contributed by atoms with Crippen LogP contribution in [0.25, 0.3) is 0 Å². The van der Waals surface area contributed by atoms with Crippen LogP contribution in [0.5, 0.6) is 0 Å². The first-order valence-electron chi connectivity index (χ1n) is 7.28. The molecule has 1 aromatic rings. The number of hydrazine groups is 1. The van der Waals surface area contributed by atoms with Crippen LogP contribution in [0.3, 0.4) is 0 Å². The van der Waals surface area contributed by atoms with Gasteiger partial charge in [-0.05, 0) is 44.5 Å². The highest BCUT2D eigenvalue weighted by atomic mass is 15.3. The van der Waals surface area contributed by atoms with Crippen LogP contribution in [0.2, 0.25) is 0 Å². The molecular weight excluding hydrogens is 234 g/mol. The molecule has 0 spiro atoms. The standard InChI is InChI=1S/C16H29N3/c1-6-13-9-11-14(12-10-13)15(18-17)16(7-2,8-3)19(4)5/h9-12,15,18H,6-8,17H2,1-5H3. The molecule has 0 fully saturated rings. The quantitative estimate of drug-likeness (QED) is 0.587. The molecule has 0 bridgehead atoms. The summed E-state index contributed by atoms with van der Waals surface area (Å²) in [5.41, 5.74) is 5.71. The van der Waals surface area contributed by atoms with Crippen molar-refractivity contribution in [1.82, 2.24) is 10.3 Å². The Labute approximate surface area is 118 Å². The lowest BCUT2D eigenvalue weighted by Gasteiger charge is -2.45. The molecule has 1 rings (SSSR count). The number of aryl methyl sites for hydroxylation is 1. The highest BCUT2D eigenvalue weighted by Crippen LogP contribution is 2.35. The van der Waals surface area contributed by atoms with Crippen molar-refractivity contribution in [2.75, 3.05) is 14.1 Å². The highest BCUT2D eigenvalue weighted by Gasteiger charge is 2.38. The SMILES string of the molecule is CCc1ccc(C(NN)C(CC)(CC)N(C)C)cc1. The summed E-state index contributed by atoms with van der Waals surface area (Å²) in [6, 6.07) is 8.94. The highest BCUT2D eigenvalue weighted by molar-refractivity contribution is 5.27. The lowest BCUT2D eigenvalue weighted by Crippen LogP contribution is -2.54. The molecule has 108 valence electrons. The number of nitrogens with two attached hydrogens (primary N) is 1. The monoisotopic (exact) mass is 263 g/mol. The molecule has 0 saturated carbocycles. The van der Waals surface area contributed by atoms with Gasteiger partial charge in [0, 0.05) is 5.54 Å². The molecule has 1 atom stereocenters. The Morgan fingerprint density at radius 2 is 1.63 bits per heavy atom. The summed E-state index contributed by atoms with van der Waals surface area (Å²) >= 11 is 0. The summed E-state index contributed by atoms with van der Waals surface area (Å²) in [5, 5.41) is 0. The third kappa shape index (κ3) is 3.16. The number of benzene rings is 1. The second-order valence-corrected chi connectivity index (χ2v) is 5.40. The minimum Gasteiger partial charge on any atom is -0.302 e. The summed E-state index contributed by atoms with van der Waals surface area (Å²) in [6.07, 6.45) is 3.18. The van der Waals surface area contributed by atoms with Gasteiger partial charge in [0.05, 0.1) is 6.04 Å². The van der Waals surface area contributed by atoms with Crippen molar-refractivity contribution in [3.63, 3.8) is 0 Å². The van der Waals surface area contributed by atoms with E-state index in [0.29, 0.717) is 0 Å². The van der Waals surface area contributed by atoms with Crippen molar-refractivity contribution in [3.8, 4) is 0 Å². The zero-order valence-corrected chi connectivity index (χ0v) is 13.0. The molecule has 0 aliphatic carbocycles. The Morgan fingerprint density at radius 1 is 1.11 bits per heavy atom. The van der Waals surface area contributed by atoms with Crippen LogP contribution in [-0.2, 0) is 6.42 Å². The van der Waals surface area contributed by atoms with Crippen LogP contribution in [0.15, 0.2) is 24.3 Å². The molecule has 3 N–H and O–H groups in total. The topological polar surface area (TPSA) is 41.3 Å². The van der Waals surface area contributed by atoms with Crippen LogP contribution in [0.1, 0.15) is 50.8 Å². The van der Waals surface area contributed by atoms with Gasteiger partial charge in [-0.1, -0.05) is 45.0 Å². The van der Waals surface area contributed by atoms with E-state index in [4.69, 9.17) is 5.84 Å². The maximum absolute atomic E-state index is 5.87. The van der Waals surface area contributed by atoms with Crippen molar-refractivity contribution in [2.45, 2.75) is 51.6 Å². The Bertz CT molecular complexity index is 366. The molecular formula is C16H29N3. The van der Waals surface area contributed by atoms with E-state index in [9.17, 15) is 0 Å². The predicted molar refractivity (Wildman–Crippen MR) is 82.9 cm³/mol. The Morgan fingerprint density at radius 3 is 1.95 bits per heavy atom. The molecule has 0 radical (unpaired) electrons. The van der Waals surface area contributed by atoms with E-state index in [1.54, 1.807) is 0 Å². The molecule has 0 aliphatic heterocycles. The first-order chi connectivity index (χ1) is 9.05. The fraction of sp³-hybridized carbons (Fsp3) is 0.625. The van der Waals surface area contributed by atoms with Gasteiger partial charge in [-0.25, -0.2) is 0 Å². The zero-order valence-electron chi connectivity index (χ0n) is 13.0. The summed E-state index contributed by atoms with van der Waals surface area (Å²) in [7, 11) is 4.27. The van der Waals surface area contributed by atoms with Crippen LogP contribution in [0, 0.1) is 0 Å². The molecule has 0 saturated heterocycles. The first kappa shape index (κ1) is 16.2. The Kier molecular flexibility index (Phi) is 5.98. The molecule has 19 heavy (non-hydrogen) atoms. The van der Waals surface area contributed by atoms with Crippen molar-refractivity contribution in [2.24, 2.45) is 5.84 Å². The van der Waals surface area contributed by atoms with Gasteiger partial charge in [-0.2, -0.15) is 0 Å². The first-order valence-corrected chi connectivity index (χ1v) is 7.28. The Hall–Kier alpha value is -0.900. The van der Waals surface area contributed by atoms with Crippen LogP contribution in [-0.4, -0.2) is 24.5 Å². The van der Waals surface area contributed by atoms with Gasteiger partial charge in [-0.15, -0.1) is 0 Å². The fourth-order valence-electron chi connectivity index (χ4n) is 3.06. The van der Waals surface area contributed by atoms with Crippen LogP contribution >= 0.6 is 0 Å². The number of hydrogen-bond donors (Lipinski definition) is 2. The van der Waals surface area contributed by atoms with Gasteiger partial charge in [0.15, 0.2) is 0 Å². The second-order valence-electron chi connectivity index (χ2n) is 5.40. The van der Waals surface area contributed by atoms with E-state index >= 15 is 0 Å². The second kappa shape index (κ2) is 7.04. The lowest BCUT2D eigenvalue weighted by molar-refractivity contribution is 0.0882. The lowest BCUT2D eigenvalue weighted by atomic mass is 9.80. The van der Waals surface area contributed by atoms with Gasteiger partial charge in [0.25, 0.3) is 0 Å². The summed E-state index contributed by atoms with van der Waals surface area (Å²) < 4.78 is 0. The van der Waals surface area contributed by atoms with Gasteiger partial charge in [0.1, 0.15) is 0 Å². The number of hydrogen-bond acceptors (Lipinski definition) is 3. The summed E-state index contributed by atoms with van der Waals surface area (Å²) in [4.78, 5) is 2.30. The van der Waals surface area contributed by atoms with Crippen molar-refractivity contribution >= 4 is 0 Å². The van der Waals surface area contributed by atoms with E-state index in [1.807, 2.05) is 0 Å².